The summed E-state index contributed by atoms with van der Waals surface area (Å²) in [5.41, 5.74) is 5.49. The Morgan fingerprint density at radius 1 is 0.926 bits per heavy atom. The van der Waals surface area contributed by atoms with Crippen molar-refractivity contribution in [1.82, 2.24) is 0 Å². The summed E-state index contributed by atoms with van der Waals surface area (Å²) in [6.07, 6.45) is 1.92. The number of hydrogen-bond acceptors (Lipinski definition) is 4. The van der Waals surface area contributed by atoms with E-state index in [-0.39, 0.29) is 5.91 Å². The molecule has 138 valence electrons. The van der Waals surface area contributed by atoms with Crippen LogP contribution in [0.3, 0.4) is 0 Å². The standard InChI is InChI=1S/C22H23N3O2/c1-16-3-7-20(8-4-16)25-22(26)21(17(2)23-25)15-18-5-9-19(10-6-18)24-11-13-27-14-12-24/h3-10,15H,11-14H2,1-2H3/b21-15+. The maximum atomic E-state index is 12.8. The van der Waals surface area contributed by atoms with Crippen molar-refractivity contribution in [3.8, 4) is 0 Å². The molecular weight excluding hydrogens is 338 g/mol. The molecule has 2 heterocycles. The zero-order valence-electron chi connectivity index (χ0n) is 15.7. The Labute approximate surface area is 159 Å². The van der Waals surface area contributed by atoms with E-state index in [2.05, 4.69) is 22.1 Å². The van der Waals surface area contributed by atoms with Crippen molar-refractivity contribution < 1.29 is 9.53 Å². The van der Waals surface area contributed by atoms with Crippen molar-refractivity contribution in [2.75, 3.05) is 36.2 Å². The lowest BCUT2D eigenvalue weighted by Gasteiger charge is -2.28. The summed E-state index contributed by atoms with van der Waals surface area (Å²) in [4.78, 5) is 15.2. The highest BCUT2D eigenvalue weighted by Gasteiger charge is 2.28. The first kappa shape index (κ1) is 17.5. The van der Waals surface area contributed by atoms with E-state index >= 15 is 0 Å². The smallest absolute Gasteiger partial charge is 0.280 e. The second-order valence-corrected chi connectivity index (χ2v) is 6.89. The topological polar surface area (TPSA) is 45.1 Å². The first-order chi connectivity index (χ1) is 13.1. The minimum absolute atomic E-state index is 0.0893. The fourth-order valence-electron chi connectivity index (χ4n) is 3.31. The number of carbonyl (C=O) groups is 1. The molecule has 2 aliphatic heterocycles. The molecule has 2 aromatic rings. The molecule has 0 unspecified atom stereocenters. The van der Waals surface area contributed by atoms with Gasteiger partial charge in [-0.1, -0.05) is 29.8 Å². The number of nitrogens with zero attached hydrogens (tertiary/aromatic N) is 3. The van der Waals surface area contributed by atoms with Gasteiger partial charge in [-0.3, -0.25) is 4.79 Å². The van der Waals surface area contributed by atoms with Crippen LogP contribution in [0.25, 0.3) is 6.08 Å². The zero-order valence-corrected chi connectivity index (χ0v) is 15.7. The molecule has 0 atom stereocenters. The quantitative estimate of drug-likeness (QED) is 0.784. The van der Waals surface area contributed by atoms with Crippen molar-refractivity contribution >= 4 is 29.1 Å². The Morgan fingerprint density at radius 2 is 1.56 bits per heavy atom. The minimum Gasteiger partial charge on any atom is -0.378 e. The van der Waals surface area contributed by atoms with Crippen LogP contribution in [0.2, 0.25) is 0 Å². The van der Waals surface area contributed by atoms with Gasteiger partial charge in [0.2, 0.25) is 0 Å². The number of carbonyl (C=O) groups excluding carboxylic acids is 1. The maximum Gasteiger partial charge on any atom is 0.280 e. The highest BCUT2D eigenvalue weighted by atomic mass is 16.5. The van der Waals surface area contributed by atoms with Gasteiger partial charge in [0.05, 0.1) is 30.2 Å². The van der Waals surface area contributed by atoms with Crippen molar-refractivity contribution in [3.63, 3.8) is 0 Å². The van der Waals surface area contributed by atoms with Crippen LogP contribution in [-0.4, -0.2) is 37.9 Å². The van der Waals surface area contributed by atoms with Gasteiger partial charge in [-0.05, 0) is 49.8 Å². The predicted molar refractivity (Wildman–Crippen MR) is 109 cm³/mol. The summed E-state index contributed by atoms with van der Waals surface area (Å²) in [7, 11) is 0. The van der Waals surface area contributed by atoms with E-state index in [4.69, 9.17) is 4.74 Å². The molecule has 5 heteroatoms. The number of hydrazone groups is 1. The lowest BCUT2D eigenvalue weighted by atomic mass is 10.1. The third-order valence-corrected chi connectivity index (χ3v) is 4.92. The Morgan fingerprint density at radius 3 is 2.22 bits per heavy atom. The van der Waals surface area contributed by atoms with Crippen LogP contribution >= 0.6 is 0 Å². The van der Waals surface area contributed by atoms with E-state index in [1.807, 2.05) is 56.3 Å². The molecule has 1 saturated heterocycles. The van der Waals surface area contributed by atoms with Gasteiger partial charge < -0.3 is 9.64 Å². The first-order valence-electron chi connectivity index (χ1n) is 9.23. The number of benzene rings is 2. The number of rotatable bonds is 3. The van der Waals surface area contributed by atoms with Crippen molar-refractivity contribution in [2.45, 2.75) is 13.8 Å². The molecule has 0 bridgehead atoms. The second-order valence-electron chi connectivity index (χ2n) is 6.89. The van der Waals surface area contributed by atoms with Gasteiger partial charge in [0.15, 0.2) is 0 Å². The average molecular weight is 361 g/mol. The van der Waals surface area contributed by atoms with Gasteiger partial charge in [0, 0.05) is 18.8 Å². The van der Waals surface area contributed by atoms with E-state index in [0.29, 0.717) is 5.57 Å². The van der Waals surface area contributed by atoms with Crippen LogP contribution < -0.4 is 9.91 Å². The number of hydrogen-bond donors (Lipinski definition) is 0. The van der Waals surface area contributed by atoms with Gasteiger partial charge in [-0.25, -0.2) is 0 Å². The van der Waals surface area contributed by atoms with Crippen molar-refractivity contribution in [3.05, 3.63) is 65.2 Å². The molecule has 0 saturated carbocycles. The maximum absolute atomic E-state index is 12.8. The number of amides is 1. The molecule has 2 aliphatic rings. The number of ether oxygens (including phenoxy) is 1. The highest BCUT2D eigenvalue weighted by molar-refractivity contribution is 6.32. The lowest BCUT2D eigenvalue weighted by molar-refractivity contribution is -0.114. The molecule has 0 aromatic heterocycles. The monoisotopic (exact) mass is 361 g/mol. The molecule has 0 aliphatic carbocycles. The average Bonchev–Trinajstić information content (AvgIpc) is 2.98. The summed E-state index contributed by atoms with van der Waals surface area (Å²) >= 11 is 0. The summed E-state index contributed by atoms with van der Waals surface area (Å²) in [5.74, 6) is -0.0893. The van der Waals surface area contributed by atoms with Gasteiger partial charge in [0.1, 0.15) is 0 Å². The number of morpholine rings is 1. The second kappa shape index (κ2) is 7.37. The first-order valence-corrected chi connectivity index (χ1v) is 9.23. The van der Waals surface area contributed by atoms with Crippen LogP contribution in [0.4, 0.5) is 11.4 Å². The normalized spacial score (nSPS) is 19.0. The Hall–Kier alpha value is -2.92. The van der Waals surface area contributed by atoms with Crippen LogP contribution in [-0.2, 0) is 9.53 Å². The van der Waals surface area contributed by atoms with Gasteiger partial charge in [-0.2, -0.15) is 10.1 Å². The molecule has 5 nitrogen and oxygen atoms in total. The molecule has 0 radical (unpaired) electrons. The van der Waals surface area contributed by atoms with Gasteiger partial charge in [-0.15, -0.1) is 0 Å². The Kier molecular flexibility index (Phi) is 4.77. The van der Waals surface area contributed by atoms with E-state index in [0.717, 1.165) is 48.8 Å². The summed E-state index contributed by atoms with van der Waals surface area (Å²) < 4.78 is 5.40. The Bertz CT molecular complexity index is 892. The zero-order chi connectivity index (χ0) is 18.8. The summed E-state index contributed by atoms with van der Waals surface area (Å²) in [6.45, 7) is 7.26. The number of aryl methyl sites for hydroxylation is 1. The van der Waals surface area contributed by atoms with E-state index in [1.54, 1.807) is 0 Å². The van der Waals surface area contributed by atoms with Crippen molar-refractivity contribution in [2.24, 2.45) is 5.10 Å². The molecule has 1 fully saturated rings. The van der Waals surface area contributed by atoms with E-state index in [9.17, 15) is 4.79 Å². The molecule has 0 spiro atoms. The molecule has 27 heavy (non-hydrogen) atoms. The molecule has 0 N–H and O–H groups in total. The van der Waals surface area contributed by atoms with Crippen LogP contribution in [0.15, 0.2) is 59.2 Å². The molecule has 2 aromatic carbocycles. The predicted octanol–water partition coefficient (Wildman–Crippen LogP) is 3.64. The fourth-order valence-corrected chi connectivity index (χ4v) is 3.31. The number of anilines is 2. The third-order valence-electron chi connectivity index (χ3n) is 4.92. The fraction of sp³-hybridized carbons (Fsp3) is 0.273. The van der Waals surface area contributed by atoms with Gasteiger partial charge >= 0.3 is 0 Å². The third kappa shape index (κ3) is 3.64. The van der Waals surface area contributed by atoms with Crippen LogP contribution in [0, 0.1) is 6.92 Å². The molecular formula is C22H23N3O2. The Balaban J connectivity index is 1.54. The molecule has 1 amide bonds. The molecule has 4 rings (SSSR count). The van der Waals surface area contributed by atoms with Crippen molar-refractivity contribution in [1.29, 1.82) is 0 Å². The SMILES string of the molecule is CC1=NN(c2ccc(C)cc2)C(=O)/C1=C/c1ccc(N2CCOCC2)cc1. The minimum atomic E-state index is -0.0893. The van der Waals surface area contributed by atoms with E-state index in [1.165, 1.54) is 10.7 Å². The van der Waals surface area contributed by atoms with E-state index < -0.39 is 0 Å². The lowest BCUT2D eigenvalue weighted by Crippen LogP contribution is -2.36. The largest absolute Gasteiger partial charge is 0.378 e. The summed E-state index contributed by atoms with van der Waals surface area (Å²) in [5, 5.41) is 5.92. The van der Waals surface area contributed by atoms with Crippen LogP contribution in [0.1, 0.15) is 18.1 Å². The highest BCUT2D eigenvalue weighted by Crippen LogP contribution is 2.26. The summed E-state index contributed by atoms with van der Waals surface area (Å²) in [6, 6.07) is 16.1. The van der Waals surface area contributed by atoms with Crippen LogP contribution in [0.5, 0.6) is 0 Å². The van der Waals surface area contributed by atoms with Gasteiger partial charge in [0.25, 0.3) is 5.91 Å².